The van der Waals surface area contributed by atoms with Gasteiger partial charge in [0.25, 0.3) is 5.91 Å². The molecule has 3 heterocycles. The summed E-state index contributed by atoms with van der Waals surface area (Å²) in [6.45, 7) is 3.08. The fourth-order valence-electron chi connectivity index (χ4n) is 2.71. The molecule has 2 aliphatic heterocycles. The number of hydrogen-bond acceptors (Lipinski definition) is 8. The zero-order chi connectivity index (χ0) is 16.9. The number of nitrogens with zero attached hydrogens (tertiary/aromatic N) is 4. The van der Waals surface area contributed by atoms with Gasteiger partial charge >= 0.3 is 0 Å². The molecular formula is C15H22N4O4S. The van der Waals surface area contributed by atoms with Crippen LogP contribution in [0.25, 0.3) is 0 Å². The van der Waals surface area contributed by atoms with Crippen molar-refractivity contribution in [3.05, 3.63) is 6.07 Å². The Kier molecular flexibility index (Phi) is 5.62. The molecule has 0 aliphatic carbocycles. The second kappa shape index (κ2) is 7.89. The van der Waals surface area contributed by atoms with E-state index >= 15 is 0 Å². The molecule has 0 bridgehead atoms. The van der Waals surface area contributed by atoms with Gasteiger partial charge in [0.2, 0.25) is 17.7 Å². The molecule has 1 unspecified atom stereocenters. The number of thioether (sulfide) groups is 1. The number of methoxy groups -OCH3 is 2. The number of carbonyl (C=O) groups excluding carboxylic acids is 1. The minimum absolute atomic E-state index is 0.0508. The molecule has 1 aromatic rings. The van der Waals surface area contributed by atoms with E-state index in [0.29, 0.717) is 37.4 Å². The maximum atomic E-state index is 12.7. The highest BCUT2D eigenvalue weighted by Gasteiger charge is 2.32. The minimum Gasteiger partial charge on any atom is -0.481 e. The summed E-state index contributed by atoms with van der Waals surface area (Å²) in [7, 11) is 3.09. The molecule has 1 atom stereocenters. The van der Waals surface area contributed by atoms with Crippen LogP contribution in [0.1, 0.15) is 0 Å². The Hall–Kier alpha value is -1.74. The molecule has 0 saturated carbocycles. The lowest BCUT2D eigenvalue weighted by Crippen LogP contribution is -2.53. The van der Waals surface area contributed by atoms with Crippen molar-refractivity contribution in [2.75, 3.05) is 63.4 Å². The topological polar surface area (TPSA) is 77.0 Å². The van der Waals surface area contributed by atoms with Crippen LogP contribution in [-0.2, 0) is 9.53 Å². The average Bonchev–Trinajstić information content (AvgIpc) is 2.67. The van der Waals surface area contributed by atoms with Gasteiger partial charge in [0.1, 0.15) is 0 Å². The predicted molar refractivity (Wildman–Crippen MR) is 91.0 cm³/mol. The lowest BCUT2D eigenvalue weighted by Gasteiger charge is -2.36. The Labute approximate surface area is 145 Å². The first-order valence-corrected chi connectivity index (χ1v) is 9.07. The normalized spacial score (nSPS) is 21.5. The smallest absolute Gasteiger partial charge is 0.253 e. The maximum Gasteiger partial charge on any atom is 0.253 e. The Morgan fingerprint density at radius 1 is 1.21 bits per heavy atom. The highest BCUT2D eigenvalue weighted by atomic mass is 32.2. The molecule has 132 valence electrons. The summed E-state index contributed by atoms with van der Waals surface area (Å²) in [5, 5.41) is 0. The zero-order valence-electron chi connectivity index (χ0n) is 13.9. The summed E-state index contributed by atoms with van der Waals surface area (Å²) in [6, 6.07) is 1.62. The highest BCUT2D eigenvalue weighted by Crippen LogP contribution is 2.22. The largest absolute Gasteiger partial charge is 0.481 e. The number of aromatic nitrogens is 2. The average molecular weight is 354 g/mol. The quantitative estimate of drug-likeness (QED) is 0.763. The van der Waals surface area contributed by atoms with Crippen molar-refractivity contribution in [2.45, 2.75) is 6.10 Å². The van der Waals surface area contributed by atoms with E-state index in [9.17, 15) is 4.79 Å². The number of ether oxygens (including phenoxy) is 3. The summed E-state index contributed by atoms with van der Waals surface area (Å²) < 4.78 is 16.1. The Bertz CT molecular complexity index is 560. The first-order chi connectivity index (χ1) is 11.7. The van der Waals surface area contributed by atoms with Gasteiger partial charge in [-0.2, -0.15) is 21.7 Å². The van der Waals surface area contributed by atoms with Crippen molar-refractivity contribution in [1.82, 2.24) is 14.9 Å². The standard InChI is InChI=1S/C15H22N4O4S/c1-21-12-9-13(22-2)17-15(16-12)19-3-6-23-11(10-19)14(20)18-4-7-24-8-5-18/h9,11H,3-8,10H2,1-2H3. The van der Waals surface area contributed by atoms with Gasteiger partial charge in [0.05, 0.1) is 33.4 Å². The molecule has 0 spiro atoms. The van der Waals surface area contributed by atoms with Gasteiger partial charge in [0.15, 0.2) is 6.10 Å². The first kappa shape index (κ1) is 17.1. The number of amides is 1. The molecule has 2 aliphatic rings. The summed E-state index contributed by atoms with van der Waals surface area (Å²) >= 11 is 1.88. The summed E-state index contributed by atoms with van der Waals surface area (Å²) in [5.41, 5.74) is 0. The molecule has 0 aromatic carbocycles. The van der Waals surface area contributed by atoms with Crippen LogP contribution in [0.3, 0.4) is 0 Å². The van der Waals surface area contributed by atoms with E-state index < -0.39 is 6.10 Å². The molecular weight excluding hydrogens is 332 g/mol. The number of hydrogen-bond donors (Lipinski definition) is 0. The molecule has 0 radical (unpaired) electrons. The van der Waals surface area contributed by atoms with E-state index in [2.05, 4.69) is 9.97 Å². The van der Waals surface area contributed by atoms with E-state index in [1.54, 1.807) is 20.3 Å². The Balaban J connectivity index is 1.72. The summed E-state index contributed by atoms with van der Waals surface area (Å²) in [5.74, 6) is 3.37. The third-order valence-electron chi connectivity index (χ3n) is 4.03. The Morgan fingerprint density at radius 2 is 1.88 bits per heavy atom. The van der Waals surface area contributed by atoms with Crippen molar-refractivity contribution in [1.29, 1.82) is 0 Å². The van der Waals surface area contributed by atoms with E-state index in [-0.39, 0.29) is 5.91 Å². The zero-order valence-corrected chi connectivity index (χ0v) is 14.8. The number of rotatable bonds is 4. The second-order valence-electron chi connectivity index (χ2n) is 5.50. The minimum atomic E-state index is -0.484. The Morgan fingerprint density at radius 3 is 2.50 bits per heavy atom. The maximum absolute atomic E-state index is 12.7. The number of morpholine rings is 1. The van der Waals surface area contributed by atoms with Gasteiger partial charge in [-0.3, -0.25) is 4.79 Å². The lowest BCUT2D eigenvalue weighted by atomic mass is 10.2. The molecule has 2 fully saturated rings. The van der Waals surface area contributed by atoms with Crippen LogP contribution < -0.4 is 14.4 Å². The van der Waals surface area contributed by atoms with Crippen LogP contribution in [0.5, 0.6) is 11.8 Å². The van der Waals surface area contributed by atoms with Gasteiger partial charge in [0, 0.05) is 31.1 Å². The van der Waals surface area contributed by atoms with Crippen LogP contribution in [0.4, 0.5) is 5.95 Å². The number of anilines is 1. The van der Waals surface area contributed by atoms with Gasteiger partial charge in [-0.15, -0.1) is 0 Å². The van der Waals surface area contributed by atoms with Crippen LogP contribution in [0, 0.1) is 0 Å². The van der Waals surface area contributed by atoms with Crippen molar-refractivity contribution < 1.29 is 19.0 Å². The van der Waals surface area contributed by atoms with Gasteiger partial charge in [-0.05, 0) is 0 Å². The first-order valence-electron chi connectivity index (χ1n) is 7.91. The second-order valence-corrected chi connectivity index (χ2v) is 6.72. The molecule has 1 aromatic heterocycles. The van der Waals surface area contributed by atoms with E-state index in [0.717, 1.165) is 24.6 Å². The molecule has 1 amide bonds. The monoisotopic (exact) mass is 354 g/mol. The molecule has 24 heavy (non-hydrogen) atoms. The fraction of sp³-hybridized carbons (Fsp3) is 0.667. The van der Waals surface area contributed by atoms with Crippen molar-refractivity contribution in [2.24, 2.45) is 0 Å². The number of carbonyl (C=O) groups is 1. The molecule has 8 nitrogen and oxygen atoms in total. The van der Waals surface area contributed by atoms with Crippen LogP contribution in [0.2, 0.25) is 0 Å². The predicted octanol–water partition coefficient (Wildman–Crippen LogP) is 0.274. The summed E-state index contributed by atoms with van der Waals surface area (Å²) in [4.78, 5) is 25.2. The van der Waals surface area contributed by atoms with Crippen molar-refractivity contribution in [3.8, 4) is 11.8 Å². The van der Waals surface area contributed by atoms with Crippen LogP contribution in [-0.4, -0.2) is 85.4 Å². The summed E-state index contributed by atoms with van der Waals surface area (Å²) in [6.07, 6.45) is -0.484. The van der Waals surface area contributed by atoms with E-state index in [1.165, 1.54) is 0 Å². The molecule has 0 N–H and O–H groups in total. The van der Waals surface area contributed by atoms with Gasteiger partial charge < -0.3 is 24.0 Å². The molecule has 3 rings (SSSR count). The highest BCUT2D eigenvalue weighted by molar-refractivity contribution is 7.99. The third-order valence-corrected chi connectivity index (χ3v) is 4.98. The van der Waals surface area contributed by atoms with E-state index in [4.69, 9.17) is 14.2 Å². The van der Waals surface area contributed by atoms with Gasteiger partial charge in [-0.25, -0.2) is 0 Å². The van der Waals surface area contributed by atoms with Crippen molar-refractivity contribution in [3.63, 3.8) is 0 Å². The van der Waals surface area contributed by atoms with Crippen LogP contribution >= 0.6 is 11.8 Å². The van der Waals surface area contributed by atoms with Gasteiger partial charge in [-0.1, -0.05) is 0 Å². The lowest BCUT2D eigenvalue weighted by molar-refractivity contribution is -0.144. The fourth-order valence-corrected chi connectivity index (χ4v) is 3.61. The third kappa shape index (κ3) is 3.84. The van der Waals surface area contributed by atoms with Crippen molar-refractivity contribution >= 4 is 23.6 Å². The van der Waals surface area contributed by atoms with E-state index in [1.807, 2.05) is 21.6 Å². The van der Waals surface area contributed by atoms with Crippen LogP contribution in [0.15, 0.2) is 6.07 Å². The molecule has 9 heteroatoms. The SMILES string of the molecule is COc1cc(OC)nc(N2CCOC(C(=O)N3CCSCC3)C2)n1. The molecule has 2 saturated heterocycles.